The van der Waals surface area contributed by atoms with Gasteiger partial charge in [-0.3, -0.25) is 0 Å². The predicted molar refractivity (Wildman–Crippen MR) is 111 cm³/mol. The molecule has 2 atom stereocenters. The van der Waals surface area contributed by atoms with Gasteiger partial charge in [-0.1, -0.05) is 84.9 Å². The molecule has 2 heteroatoms. The average Bonchev–Trinajstić information content (AvgIpc) is 2.71. The number of likely N-dealkylation sites (N-methyl/N-ethyl adjacent to an activating group) is 2. The molecule has 4 aromatic carbocycles. The molecule has 0 saturated carbocycles. The summed E-state index contributed by atoms with van der Waals surface area (Å²) < 4.78 is 0. The Labute approximate surface area is 154 Å². The highest BCUT2D eigenvalue weighted by molar-refractivity contribution is 5.88. The lowest BCUT2D eigenvalue weighted by Gasteiger charge is -2.29. The van der Waals surface area contributed by atoms with Crippen molar-refractivity contribution in [2.24, 2.45) is 0 Å². The van der Waals surface area contributed by atoms with Crippen LogP contribution in [0, 0.1) is 0 Å². The maximum Gasteiger partial charge on any atom is 0.0522 e. The summed E-state index contributed by atoms with van der Waals surface area (Å²) in [5.74, 6) is 0. The highest BCUT2D eigenvalue weighted by atomic mass is 15.0. The molecule has 2 N–H and O–H groups in total. The fourth-order valence-electron chi connectivity index (χ4n) is 4.05. The summed E-state index contributed by atoms with van der Waals surface area (Å²) >= 11 is 0. The molecule has 0 aliphatic heterocycles. The van der Waals surface area contributed by atoms with Crippen molar-refractivity contribution in [3.05, 3.63) is 96.1 Å². The van der Waals surface area contributed by atoms with Gasteiger partial charge in [0.2, 0.25) is 0 Å². The molecule has 26 heavy (non-hydrogen) atoms. The second-order valence-corrected chi connectivity index (χ2v) is 6.67. The van der Waals surface area contributed by atoms with Crippen molar-refractivity contribution in [2.45, 2.75) is 12.1 Å². The van der Waals surface area contributed by atoms with Gasteiger partial charge < -0.3 is 10.6 Å². The predicted octanol–water partition coefficient (Wildman–Crippen LogP) is 5.21. The summed E-state index contributed by atoms with van der Waals surface area (Å²) in [4.78, 5) is 0. The summed E-state index contributed by atoms with van der Waals surface area (Å²) in [6, 6.07) is 30.7. The average molecular weight is 340 g/mol. The third-order valence-corrected chi connectivity index (χ3v) is 5.27. The van der Waals surface area contributed by atoms with Gasteiger partial charge in [0.25, 0.3) is 0 Å². The van der Waals surface area contributed by atoms with Crippen LogP contribution in [0.15, 0.2) is 84.9 Å². The van der Waals surface area contributed by atoms with Gasteiger partial charge in [0.05, 0.1) is 12.1 Å². The van der Waals surface area contributed by atoms with Crippen molar-refractivity contribution in [1.29, 1.82) is 0 Å². The number of fused-ring (bicyclic) bond motifs is 2. The lowest BCUT2D eigenvalue weighted by atomic mass is 9.88. The molecule has 4 aromatic rings. The van der Waals surface area contributed by atoms with Crippen LogP contribution in [0.2, 0.25) is 0 Å². The van der Waals surface area contributed by atoms with E-state index in [1.165, 1.54) is 32.7 Å². The highest BCUT2D eigenvalue weighted by Gasteiger charge is 2.24. The second kappa shape index (κ2) is 7.28. The molecule has 0 radical (unpaired) electrons. The fourth-order valence-corrected chi connectivity index (χ4v) is 4.05. The lowest BCUT2D eigenvalue weighted by molar-refractivity contribution is 0.437. The number of nitrogens with one attached hydrogen (secondary N) is 2. The van der Waals surface area contributed by atoms with Crippen molar-refractivity contribution in [3.63, 3.8) is 0 Å². The summed E-state index contributed by atoms with van der Waals surface area (Å²) in [6.07, 6.45) is 0. The third-order valence-electron chi connectivity index (χ3n) is 5.27. The fraction of sp³-hybridized carbons (Fsp3) is 0.167. The minimum Gasteiger partial charge on any atom is -0.311 e. The normalized spacial score (nSPS) is 13.8. The first-order valence-corrected chi connectivity index (χ1v) is 9.13. The molecule has 4 rings (SSSR count). The lowest BCUT2D eigenvalue weighted by Crippen LogP contribution is -2.32. The van der Waals surface area contributed by atoms with Gasteiger partial charge >= 0.3 is 0 Å². The first kappa shape index (κ1) is 16.8. The SMILES string of the molecule is CNC(c1cccc2ccccc12)C(NC)c1cccc2ccccc12. The molecule has 0 bridgehead atoms. The van der Waals surface area contributed by atoms with Crippen LogP contribution >= 0.6 is 0 Å². The van der Waals surface area contributed by atoms with Crippen molar-refractivity contribution in [3.8, 4) is 0 Å². The summed E-state index contributed by atoms with van der Waals surface area (Å²) in [5, 5.41) is 12.3. The zero-order valence-electron chi connectivity index (χ0n) is 15.2. The topological polar surface area (TPSA) is 24.1 Å². The first-order chi connectivity index (χ1) is 12.8. The molecule has 0 aromatic heterocycles. The summed E-state index contributed by atoms with van der Waals surface area (Å²) in [7, 11) is 4.09. The van der Waals surface area contributed by atoms with Crippen LogP contribution in [0.1, 0.15) is 23.2 Å². The number of benzene rings is 4. The van der Waals surface area contributed by atoms with Crippen LogP contribution in [-0.2, 0) is 0 Å². The first-order valence-electron chi connectivity index (χ1n) is 9.13. The molecule has 0 aliphatic carbocycles. The summed E-state index contributed by atoms with van der Waals surface area (Å²) in [5.41, 5.74) is 2.63. The molecule has 0 aliphatic rings. The van der Waals surface area contributed by atoms with Crippen molar-refractivity contribution in [1.82, 2.24) is 10.6 Å². The second-order valence-electron chi connectivity index (χ2n) is 6.67. The molecule has 2 unspecified atom stereocenters. The maximum atomic E-state index is 3.56. The molecule has 0 fully saturated rings. The van der Waals surface area contributed by atoms with E-state index in [9.17, 15) is 0 Å². The van der Waals surface area contributed by atoms with E-state index in [0.29, 0.717) is 0 Å². The Kier molecular flexibility index (Phi) is 4.70. The van der Waals surface area contributed by atoms with Gasteiger partial charge in [0.1, 0.15) is 0 Å². The van der Waals surface area contributed by atoms with Crippen molar-refractivity contribution in [2.75, 3.05) is 14.1 Å². The molecule has 0 amide bonds. The van der Waals surface area contributed by atoms with E-state index < -0.39 is 0 Å². The van der Waals surface area contributed by atoms with E-state index >= 15 is 0 Å². The minimum atomic E-state index is 0.164. The molecule has 0 saturated heterocycles. The van der Waals surface area contributed by atoms with E-state index in [0.717, 1.165) is 0 Å². The quantitative estimate of drug-likeness (QED) is 0.521. The Balaban J connectivity index is 1.88. The Hall–Kier alpha value is -2.68. The Morgan fingerprint density at radius 1 is 0.500 bits per heavy atom. The van der Waals surface area contributed by atoms with Gasteiger partial charge in [0.15, 0.2) is 0 Å². The van der Waals surface area contributed by atoms with Crippen molar-refractivity contribution >= 4 is 21.5 Å². The van der Waals surface area contributed by atoms with Crippen LogP contribution in [0.25, 0.3) is 21.5 Å². The van der Waals surface area contributed by atoms with Gasteiger partial charge in [-0.05, 0) is 46.8 Å². The Bertz CT molecular complexity index is 942. The third kappa shape index (κ3) is 2.88. The van der Waals surface area contributed by atoms with Crippen LogP contribution in [0.4, 0.5) is 0 Å². The molecule has 0 spiro atoms. The molecular weight excluding hydrogens is 316 g/mol. The maximum absolute atomic E-state index is 3.56. The zero-order chi connectivity index (χ0) is 17.9. The van der Waals surface area contributed by atoms with Gasteiger partial charge in [-0.25, -0.2) is 0 Å². The van der Waals surface area contributed by atoms with E-state index in [4.69, 9.17) is 0 Å². The minimum absolute atomic E-state index is 0.164. The molecule has 0 heterocycles. The van der Waals surface area contributed by atoms with E-state index in [1.54, 1.807) is 0 Å². The van der Waals surface area contributed by atoms with Gasteiger partial charge in [-0.15, -0.1) is 0 Å². The standard InChI is InChI=1S/C24H24N2/c1-25-23(21-15-7-11-17-9-3-5-13-19(17)21)24(26-2)22-16-8-12-18-10-4-6-14-20(18)22/h3-16,23-26H,1-2H3. The smallest absolute Gasteiger partial charge is 0.0522 e. The van der Waals surface area contributed by atoms with Gasteiger partial charge in [0, 0.05) is 0 Å². The van der Waals surface area contributed by atoms with Gasteiger partial charge in [-0.2, -0.15) is 0 Å². The molecule has 130 valence electrons. The van der Waals surface area contributed by atoms with Crippen LogP contribution in [0.5, 0.6) is 0 Å². The van der Waals surface area contributed by atoms with Crippen LogP contribution in [-0.4, -0.2) is 14.1 Å². The highest BCUT2D eigenvalue weighted by Crippen LogP contribution is 2.35. The number of hydrogen-bond donors (Lipinski definition) is 2. The largest absolute Gasteiger partial charge is 0.311 e. The Morgan fingerprint density at radius 2 is 0.885 bits per heavy atom. The van der Waals surface area contributed by atoms with E-state index in [2.05, 4.69) is 95.6 Å². The Morgan fingerprint density at radius 3 is 1.31 bits per heavy atom. The molecule has 2 nitrogen and oxygen atoms in total. The van der Waals surface area contributed by atoms with Crippen LogP contribution in [0.3, 0.4) is 0 Å². The molecular formula is C24H24N2. The zero-order valence-corrected chi connectivity index (χ0v) is 15.2. The summed E-state index contributed by atoms with van der Waals surface area (Å²) in [6.45, 7) is 0. The van der Waals surface area contributed by atoms with Crippen LogP contribution < -0.4 is 10.6 Å². The number of hydrogen-bond acceptors (Lipinski definition) is 2. The van der Waals surface area contributed by atoms with E-state index in [1.807, 2.05) is 14.1 Å². The van der Waals surface area contributed by atoms with E-state index in [-0.39, 0.29) is 12.1 Å². The van der Waals surface area contributed by atoms with Crippen molar-refractivity contribution < 1.29 is 0 Å². The number of rotatable bonds is 5. The monoisotopic (exact) mass is 340 g/mol.